The summed E-state index contributed by atoms with van der Waals surface area (Å²) in [6, 6.07) is 33.9. The van der Waals surface area contributed by atoms with Crippen molar-refractivity contribution in [3.8, 4) is 22.5 Å². The minimum absolute atomic E-state index is 0.862. The minimum Gasteiger partial charge on any atom is -0.274 e. The zero-order valence-corrected chi connectivity index (χ0v) is 18.1. The number of pyridine rings is 1. The van der Waals surface area contributed by atoms with E-state index >= 15 is 0 Å². The number of aromatic nitrogens is 3. The van der Waals surface area contributed by atoms with Gasteiger partial charge in [0.25, 0.3) is 0 Å². The fourth-order valence-corrected chi connectivity index (χ4v) is 4.88. The van der Waals surface area contributed by atoms with Gasteiger partial charge < -0.3 is 0 Å². The van der Waals surface area contributed by atoms with Crippen molar-refractivity contribution in [1.82, 2.24) is 14.6 Å². The summed E-state index contributed by atoms with van der Waals surface area (Å²) in [5.74, 6) is 0.862. The zero-order valence-electron chi connectivity index (χ0n) is 16.0. The van der Waals surface area contributed by atoms with E-state index in [4.69, 9.17) is 0 Å². The van der Waals surface area contributed by atoms with Crippen LogP contribution in [0.25, 0.3) is 49.8 Å². The SMILES string of the molecule is Ic1ccccc1-c1ccc(-c2nnc3c4ccccc4c4ccccc4n23)cc1. The smallest absolute Gasteiger partial charge is 0.169 e. The second-order valence-corrected chi connectivity index (χ2v) is 8.46. The highest BCUT2D eigenvalue weighted by Crippen LogP contribution is 2.33. The van der Waals surface area contributed by atoms with Crippen molar-refractivity contribution < 1.29 is 0 Å². The maximum Gasteiger partial charge on any atom is 0.169 e. The first-order chi connectivity index (χ1) is 14.8. The number of hydrogen-bond donors (Lipinski definition) is 0. The number of para-hydroxylation sites is 1. The van der Waals surface area contributed by atoms with Crippen LogP contribution in [0.15, 0.2) is 97.1 Å². The van der Waals surface area contributed by atoms with Gasteiger partial charge in [-0.25, -0.2) is 0 Å². The fraction of sp³-hybridized carbons (Fsp3) is 0. The van der Waals surface area contributed by atoms with Gasteiger partial charge in [-0.3, -0.25) is 4.40 Å². The zero-order chi connectivity index (χ0) is 20.1. The maximum atomic E-state index is 4.60. The Labute approximate surface area is 187 Å². The number of rotatable bonds is 2. The molecule has 30 heavy (non-hydrogen) atoms. The summed E-state index contributed by atoms with van der Waals surface area (Å²) in [5.41, 5.74) is 5.51. The van der Waals surface area contributed by atoms with Gasteiger partial charge in [-0.2, -0.15) is 0 Å². The summed E-state index contributed by atoms with van der Waals surface area (Å²) in [7, 11) is 0. The van der Waals surface area contributed by atoms with E-state index in [-0.39, 0.29) is 0 Å². The van der Waals surface area contributed by atoms with Gasteiger partial charge in [0.1, 0.15) is 0 Å². The quantitative estimate of drug-likeness (QED) is 0.191. The molecule has 2 heterocycles. The Kier molecular flexibility index (Phi) is 4.06. The second-order valence-electron chi connectivity index (χ2n) is 7.30. The van der Waals surface area contributed by atoms with E-state index in [1.807, 2.05) is 0 Å². The lowest BCUT2D eigenvalue weighted by atomic mass is 10.0. The first-order valence-electron chi connectivity index (χ1n) is 9.81. The lowest BCUT2D eigenvalue weighted by Gasteiger charge is -2.10. The van der Waals surface area contributed by atoms with E-state index in [0.29, 0.717) is 0 Å². The van der Waals surface area contributed by atoms with Crippen molar-refractivity contribution in [2.24, 2.45) is 0 Å². The number of nitrogens with zero attached hydrogens (tertiary/aromatic N) is 3. The first kappa shape index (κ1) is 17.6. The van der Waals surface area contributed by atoms with E-state index in [1.165, 1.54) is 25.5 Å². The summed E-state index contributed by atoms with van der Waals surface area (Å²) in [6.07, 6.45) is 0. The third kappa shape index (κ3) is 2.64. The summed E-state index contributed by atoms with van der Waals surface area (Å²) >= 11 is 2.39. The standard InChI is InChI=1S/C26H16IN3/c27-23-11-5-3-7-19(23)17-13-15-18(16-14-17)25-28-29-26-22-10-2-1-8-20(22)21-9-4-6-12-24(21)30(25)26/h1-16H. The molecule has 0 aliphatic rings. The number of hydrogen-bond acceptors (Lipinski definition) is 2. The van der Waals surface area contributed by atoms with Crippen LogP contribution in [-0.4, -0.2) is 14.6 Å². The highest BCUT2D eigenvalue weighted by atomic mass is 127. The van der Waals surface area contributed by atoms with Crippen LogP contribution in [0.4, 0.5) is 0 Å². The van der Waals surface area contributed by atoms with Crippen molar-refractivity contribution in [2.45, 2.75) is 0 Å². The van der Waals surface area contributed by atoms with Gasteiger partial charge in [-0.1, -0.05) is 84.9 Å². The molecule has 6 rings (SSSR count). The molecule has 0 bridgehead atoms. The van der Waals surface area contributed by atoms with Crippen LogP contribution in [0.1, 0.15) is 0 Å². The fourth-order valence-electron chi connectivity index (χ4n) is 4.18. The molecular formula is C26H16IN3. The topological polar surface area (TPSA) is 30.2 Å². The normalized spacial score (nSPS) is 11.5. The molecule has 0 fully saturated rings. The van der Waals surface area contributed by atoms with Crippen LogP contribution < -0.4 is 0 Å². The van der Waals surface area contributed by atoms with E-state index in [2.05, 4.69) is 134 Å². The Hall–Kier alpha value is -3.25. The van der Waals surface area contributed by atoms with E-state index in [1.54, 1.807) is 0 Å². The lowest BCUT2D eigenvalue weighted by Crippen LogP contribution is -1.94. The monoisotopic (exact) mass is 497 g/mol. The van der Waals surface area contributed by atoms with Crippen LogP contribution in [-0.2, 0) is 0 Å². The van der Waals surface area contributed by atoms with Gasteiger partial charge in [0.05, 0.1) is 5.52 Å². The molecule has 0 saturated carbocycles. The molecule has 0 atom stereocenters. The third-order valence-electron chi connectivity index (χ3n) is 5.59. The van der Waals surface area contributed by atoms with Gasteiger partial charge in [0.15, 0.2) is 11.5 Å². The molecule has 6 aromatic rings. The lowest BCUT2D eigenvalue weighted by molar-refractivity contribution is 1.12. The molecule has 2 aromatic heterocycles. The average molecular weight is 497 g/mol. The minimum atomic E-state index is 0.862. The molecule has 0 radical (unpaired) electrons. The van der Waals surface area contributed by atoms with E-state index in [0.717, 1.165) is 27.9 Å². The molecule has 0 aliphatic heterocycles. The summed E-state index contributed by atoms with van der Waals surface area (Å²) < 4.78 is 3.42. The molecule has 4 aromatic carbocycles. The molecule has 0 unspecified atom stereocenters. The summed E-state index contributed by atoms with van der Waals surface area (Å²) in [6.45, 7) is 0. The van der Waals surface area contributed by atoms with Crippen molar-refractivity contribution in [3.63, 3.8) is 0 Å². The van der Waals surface area contributed by atoms with Gasteiger partial charge in [0.2, 0.25) is 0 Å². The van der Waals surface area contributed by atoms with Gasteiger partial charge >= 0.3 is 0 Å². The molecule has 3 nitrogen and oxygen atoms in total. The third-order valence-corrected chi connectivity index (χ3v) is 6.53. The van der Waals surface area contributed by atoms with E-state index in [9.17, 15) is 0 Å². The van der Waals surface area contributed by atoms with Crippen LogP contribution >= 0.6 is 22.6 Å². The summed E-state index contributed by atoms with van der Waals surface area (Å²) in [4.78, 5) is 0. The Morgan fingerprint density at radius 1 is 0.567 bits per heavy atom. The predicted molar refractivity (Wildman–Crippen MR) is 132 cm³/mol. The molecular weight excluding hydrogens is 481 g/mol. The van der Waals surface area contributed by atoms with E-state index < -0.39 is 0 Å². The van der Waals surface area contributed by atoms with Crippen molar-refractivity contribution in [3.05, 3.63) is 101 Å². The van der Waals surface area contributed by atoms with Crippen molar-refractivity contribution in [1.29, 1.82) is 0 Å². The largest absolute Gasteiger partial charge is 0.274 e. The highest BCUT2D eigenvalue weighted by molar-refractivity contribution is 14.1. The van der Waals surface area contributed by atoms with Crippen LogP contribution in [0, 0.1) is 3.57 Å². The Morgan fingerprint density at radius 3 is 2.00 bits per heavy atom. The molecule has 4 heteroatoms. The van der Waals surface area contributed by atoms with Gasteiger partial charge in [0, 0.05) is 19.9 Å². The number of benzene rings is 4. The Bertz CT molecular complexity index is 1550. The van der Waals surface area contributed by atoms with Crippen molar-refractivity contribution in [2.75, 3.05) is 0 Å². The van der Waals surface area contributed by atoms with Crippen molar-refractivity contribution >= 4 is 49.9 Å². The van der Waals surface area contributed by atoms with Gasteiger partial charge in [-0.15, -0.1) is 10.2 Å². The van der Waals surface area contributed by atoms with Gasteiger partial charge in [-0.05, 0) is 51.2 Å². The first-order valence-corrected chi connectivity index (χ1v) is 10.9. The summed E-state index contributed by atoms with van der Waals surface area (Å²) in [5, 5.41) is 12.7. The molecule has 0 saturated heterocycles. The molecule has 0 aliphatic carbocycles. The molecule has 142 valence electrons. The Morgan fingerprint density at radius 2 is 1.20 bits per heavy atom. The van der Waals surface area contributed by atoms with Crippen LogP contribution in [0.5, 0.6) is 0 Å². The second kappa shape index (κ2) is 6.92. The van der Waals surface area contributed by atoms with Crippen LogP contribution in [0.3, 0.4) is 0 Å². The highest BCUT2D eigenvalue weighted by Gasteiger charge is 2.15. The molecule has 0 amide bonds. The Balaban J connectivity index is 1.60. The number of halogens is 1. The number of fused-ring (bicyclic) bond motifs is 6. The predicted octanol–water partition coefficient (Wildman–Crippen LogP) is 6.97. The maximum absolute atomic E-state index is 4.60. The van der Waals surface area contributed by atoms with Crippen LogP contribution in [0.2, 0.25) is 0 Å². The molecule has 0 N–H and O–H groups in total. The molecule has 0 spiro atoms. The average Bonchev–Trinajstić information content (AvgIpc) is 3.25.